The van der Waals surface area contributed by atoms with Gasteiger partial charge in [0, 0.05) is 5.02 Å². The van der Waals surface area contributed by atoms with Crippen LogP contribution in [0, 0.1) is 0 Å². The fraction of sp³-hybridized carbons (Fsp3) is 0.333. The van der Waals surface area contributed by atoms with Crippen LogP contribution in [-0.2, 0) is 0 Å². The number of allylic oxidation sites excluding steroid dienone is 1. The Morgan fingerprint density at radius 2 is 1.92 bits per heavy atom. The zero-order valence-corrected chi connectivity index (χ0v) is 8.35. The summed E-state index contributed by atoms with van der Waals surface area (Å²) < 4.78 is 0. The number of hydrogen-bond donors (Lipinski definition) is 0. The number of halogens is 1. The highest BCUT2D eigenvalue weighted by Gasteiger charge is 2.19. The average molecular weight is 193 g/mol. The quantitative estimate of drug-likeness (QED) is 0.586. The van der Waals surface area contributed by atoms with Crippen molar-refractivity contribution in [3.8, 4) is 0 Å². The first kappa shape index (κ1) is 8.83. The maximum atomic E-state index is 5.83. The summed E-state index contributed by atoms with van der Waals surface area (Å²) in [6.45, 7) is 4.02. The molecule has 0 heterocycles. The van der Waals surface area contributed by atoms with E-state index < -0.39 is 0 Å². The standard InChI is InChI=1S/C12H13Cl/c1-9-2-3-11(8-9)10-4-6-12(13)7-5-10/h4-7,11H,1-3,8H2. The molecule has 0 nitrogen and oxygen atoms in total. The van der Waals surface area contributed by atoms with E-state index in [1.807, 2.05) is 12.1 Å². The molecule has 68 valence electrons. The van der Waals surface area contributed by atoms with Crippen LogP contribution in [0.25, 0.3) is 0 Å². The first-order chi connectivity index (χ1) is 6.25. The zero-order chi connectivity index (χ0) is 9.26. The van der Waals surface area contributed by atoms with Crippen molar-refractivity contribution in [2.45, 2.75) is 25.2 Å². The van der Waals surface area contributed by atoms with Gasteiger partial charge in [0.15, 0.2) is 0 Å². The molecule has 1 heteroatoms. The largest absolute Gasteiger partial charge is 0.0998 e. The van der Waals surface area contributed by atoms with Gasteiger partial charge in [0.2, 0.25) is 0 Å². The molecule has 0 bridgehead atoms. The Bertz CT molecular complexity index is 310. The number of hydrogen-bond acceptors (Lipinski definition) is 0. The number of benzene rings is 1. The van der Waals surface area contributed by atoms with Crippen LogP contribution in [0.2, 0.25) is 5.02 Å². The molecule has 0 saturated heterocycles. The molecule has 0 aromatic heterocycles. The van der Waals surface area contributed by atoms with Gasteiger partial charge in [0.05, 0.1) is 0 Å². The van der Waals surface area contributed by atoms with Crippen molar-refractivity contribution in [3.05, 3.63) is 47.0 Å². The molecule has 1 aliphatic carbocycles. The normalized spacial score (nSPS) is 22.2. The molecule has 2 rings (SSSR count). The van der Waals surface area contributed by atoms with E-state index in [4.69, 9.17) is 11.6 Å². The Morgan fingerprint density at radius 3 is 2.46 bits per heavy atom. The van der Waals surface area contributed by atoms with Crippen LogP contribution < -0.4 is 0 Å². The lowest BCUT2D eigenvalue weighted by atomic mass is 9.98. The summed E-state index contributed by atoms with van der Waals surface area (Å²) >= 11 is 5.83. The highest BCUT2D eigenvalue weighted by Crippen LogP contribution is 2.36. The summed E-state index contributed by atoms with van der Waals surface area (Å²) in [5, 5.41) is 0.820. The lowest BCUT2D eigenvalue weighted by molar-refractivity contribution is 0.730. The third kappa shape index (κ3) is 1.94. The average Bonchev–Trinajstić information content (AvgIpc) is 2.53. The maximum Gasteiger partial charge on any atom is 0.0406 e. The van der Waals surface area contributed by atoms with Crippen molar-refractivity contribution in [1.29, 1.82) is 0 Å². The van der Waals surface area contributed by atoms with Crippen molar-refractivity contribution in [3.63, 3.8) is 0 Å². The van der Waals surface area contributed by atoms with Crippen LogP contribution in [0.1, 0.15) is 30.7 Å². The summed E-state index contributed by atoms with van der Waals surface area (Å²) in [6.07, 6.45) is 3.59. The molecule has 0 N–H and O–H groups in total. The highest BCUT2D eigenvalue weighted by molar-refractivity contribution is 6.30. The first-order valence-electron chi connectivity index (χ1n) is 4.68. The summed E-state index contributed by atoms with van der Waals surface area (Å²) in [4.78, 5) is 0. The van der Waals surface area contributed by atoms with Crippen molar-refractivity contribution >= 4 is 11.6 Å². The van der Waals surface area contributed by atoms with E-state index in [9.17, 15) is 0 Å². The Morgan fingerprint density at radius 1 is 1.23 bits per heavy atom. The van der Waals surface area contributed by atoms with Gasteiger partial charge in [-0.1, -0.05) is 35.9 Å². The van der Waals surface area contributed by atoms with Crippen LogP contribution in [0.15, 0.2) is 36.4 Å². The third-order valence-corrected chi connectivity index (χ3v) is 2.97. The van der Waals surface area contributed by atoms with E-state index in [2.05, 4.69) is 18.7 Å². The Kier molecular flexibility index (Phi) is 2.41. The predicted molar refractivity (Wildman–Crippen MR) is 57.2 cm³/mol. The maximum absolute atomic E-state index is 5.83. The molecule has 1 saturated carbocycles. The lowest BCUT2D eigenvalue weighted by Gasteiger charge is -2.08. The van der Waals surface area contributed by atoms with Gasteiger partial charge in [-0.25, -0.2) is 0 Å². The van der Waals surface area contributed by atoms with E-state index in [0.717, 1.165) is 11.4 Å². The molecule has 0 radical (unpaired) electrons. The molecule has 1 unspecified atom stereocenters. The van der Waals surface area contributed by atoms with E-state index in [1.165, 1.54) is 24.0 Å². The minimum absolute atomic E-state index is 0.685. The first-order valence-corrected chi connectivity index (χ1v) is 5.05. The minimum atomic E-state index is 0.685. The molecule has 0 aliphatic heterocycles. The van der Waals surface area contributed by atoms with Crippen LogP contribution in [0.4, 0.5) is 0 Å². The molecule has 13 heavy (non-hydrogen) atoms. The molecule has 1 atom stereocenters. The molecule has 1 aromatic rings. The van der Waals surface area contributed by atoms with Crippen LogP contribution in [-0.4, -0.2) is 0 Å². The fourth-order valence-electron chi connectivity index (χ4n) is 1.95. The molecule has 0 amide bonds. The van der Waals surface area contributed by atoms with Gasteiger partial charge in [0.25, 0.3) is 0 Å². The summed E-state index contributed by atoms with van der Waals surface area (Å²) in [5.74, 6) is 0.685. The fourth-order valence-corrected chi connectivity index (χ4v) is 2.08. The van der Waals surface area contributed by atoms with Crippen molar-refractivity contribution in [1.82, 2.24) is 0 Å². The second-order valence-electron chi connectivity index (χ2n) is 3.74. The van der Waals surface area contributed by atoms with Gasteiger partial charge in [-0.05, 0) is 42.9 Å². The Balaban J connectivity index is 2.17. The van der Waals surface area contributed by atoms with Gasteiger partial charge in [0.1, 0.15) is 0 Å². The Labute approximate surface area is 84.2 Å². The molecule has 1 fully saturated rings. The molecule has 1 aromatic carbocycles. The van der Waals surface area contributed by atoms with Crippen molar-refractivity contribution < 1.29 is 0 Å². The van der Waals surface area contributed by atoms with Gasteiger partial charge >= 0.3 is 0 Å². The molecule has 0 spiro atoms. The third-order valence-electron chi connectivity index (χ3n) is 2.72. The van der Waals surface area contributed by atoms with Crippen molar-refractivity contribution in [2.24, 2.45) is 0 Å². The molecular weight excluding hydrogens is 180 g/mol. The van der Waals surface area contributed by atoms with Gasteiger partial charge < -0.3 is 0 Å². The second kappa shape index (κ2) is 3.55. The summed E-state index contributed by atoms with van der Waals surface area (Å²) in [6, 6.07) is 8.20. The summed E-state index contributed by atoms with van der Waals surface area (Å²) in [5.41, 5.74) is 2.79. The highest BCUT2D eigenvalue weighted by atomic mass is 35.5. The van der Waals surface area contributed by atoms with Gasteiger partial charge in [-0.15, -0.1) is 0 Å². The van der Waals surface area contributed by atoms with Crippen LogP contribution >= 0.6 is 11.6 Å². The van der Waals surface area contributed by atoms with Gasteiger partial charge in [-0.2, -0.15) is 0 Å². The number of rotatable bonds is 1. The minimum Gasteiger partial charge on any atom is -0.0998 e. The zero-order valence-electron chi connectivity index (χ0n) is 7.59. The summed E-state index contributed by atoms with van der Waals surface area (Å²) in [7, 11) is 0. The van der Waals surface area contributed by atoms with Gasteiger partial charge in [-0.3, -0.25) is 0 Å². The predicted octanol–water partition coefficient (Wildman–Crippen LogP) is 4.16. The van der Waals surface area contributed by atoms with Crippen molar-refractivity contribution in [2.75, 3.05) is 0 Å². The van der Waals surface area contributed by atoms with E-state index >= 15 is 0 Å². The topological polar surface area (TPSA) is 0 Å². The van der Waals surface area contributed by atoms with E-state index in [-0.39, 0.29) is 0 Å². The molecule has 1 aliphatic rings. The smallest absolute Gasteiger partial charge is 0.0406 e. The SMILES string of the molecule is C=C1CCC(c2ccc(Cl)cc2)C1. The van der Waals surface area contributed by atoms with E-state index in [0.29, 0.717) is 5.92 Å². The molecular formula is C12H13Cl. The Hall–Kier alpha value is -0.750. The lowest BCUT2D eigenvalue weighted by Crippen LogP contribution is -1.90. The second-order valence-corrected chi connectivity index (χ2v) is 4.18. The van der Waals surface area contributed by atoms with E-state index in [1.54, 1.807) is 0 Å². The monoisotopic (exact) mass is 192 g/mol. The van der Waals surface area contributed by atoms with Crippen LogP contribution in [0.5, 0.6) is 0 Å². The van der Waals surface area contributed by atoms with Crippen LogP contribution in [0.3, 0.4) is 0 Å².